The van der Waals surface area contributed by atoms with Crippen molar-refractivity contribution in [2.75, 3.05) is 12.4 Å². The summed E-state index contributed by atoms with van der Waals surface area (Å²) in [6, 6.07) is 17.1. The molecule has 0 saturated heterocycles. The van der Waals surface area contributed by atoms with Crippen molar-refractivity contribution in [1.82, 2.24) is 4.90 Å². The minimum Gasteiger partial charge on any atom is -0.491 e. The number of nitrogens with zero attached hydrogens (tertiary/aromatic N) is 1. The van der Waals surface area contributed by atoms with Crippen LogP contribution >= 0.6 is 0 Å². The lowest BCUT2D eigenvalue weighted by molar-refractivity contribution is -0.133. The predicted octanol–water partition coefficient (Wildman–Crippen LogP) is 3.71. The summed E-state index contributed by atoms with van der Waals surface area (Å²) in [6.07, 6.45) is 0.717. The Kier molecular flexibility index (Phi) is 5.79. The van der Waals surface area contributed by atoms with Gasteiger partial charge in [0, 0.05) is 19.3 Å². The summed E-state index contributed by atoms with van der Waals surface area (Å²) in [5.74, 6) is 0.230. The van der Waals surface area contributed by atoms with E-state index < -0.39 is 0 Å². The number of benzene rings is 2. The Labute approximate surface area is 160 Å². The molecule has 142 valence electrons. The summed E-state index contributed by atoms with van der Waals surface area (Å²) >= 11 is 0. The van der Waals surface area contributed by atoms with Crippen molar-refractivity contribution in [3.8, 4) is 5.75 Å². The minimum absolute atomic E-state index is 0.0275. The zero-order valence-corrected chi connectivity index (χ0v) is 16.0. The molecule has 2 aromatic rings. The fraction of sp³-hybridized carbons (Fsp3) is 0.364. The summed E-state index contributed by atoms with van der Waals surface area (Å²) in [6.45, 7) is 4.49. The summed E-state index contributed by atoms with van der Waals surface area (Å²) in [5, 5.41) is 2.89. The maximum atomic E-state index is 12.6. The average Bonchev–Trinajstić information content (AvgIpc) is 3.44. The summed E-state index contributed by atoms with van der Waals surface area (Å²) in [7, 11) is 1.79. The number of rotatable bonds is 7. The third-order valence-electron chi connectivity index (χ3n) is 4.58. The molecule has 0 spiro atoms. The van der Waals surface area contributed by atoms with Crippen LogP contribution in [0, 0.1) is 11.8 Å². The van der Waals surface area contributed by atoms with E-state index in [1.54, 1.807) is 11.9 Å². The highest BCUT2D eigenvalue weighted by Gasteiger charge is 2.49. The van der Waals surface area contributed by atoms with Gasteiger partial charge in [0.1, 0.15) is 5.75 Å². The smallest absolute Gasteiger partial charge is 0.228 e. The van der Waals surface area contributed by atoms with E-state index in [1.165, 1.54) is 0 Å². The SMILES string of the molecule is CC(C)Oc1ccc(NC(=O)C2CC2C(=O)N(C)Cc2ccccc2)cc1. The van der Waals surface area contributed by atoms with Crippen molar-refractivity contribution in [3.63, 3.8) is 0 Å². The first-order valence-corrected chi connectivity index (χ1v) is 9.30. The van der Waals surface area contributed by atoms with Gasteiger partial charge in [-0.05, 0) is 50.1 Å². The fourth-order valence-electron chi connectivity index (χ4n) is 3.10. The monoisotopic (exact) mass is 366 g/mol. The molecular weight excluding hydrogens is 340 g/mol. The van der Waals surface area contributed by atoms with Crippen LogP contribution in [0.1, 0.15) is 25.8 Å². The van der Waals surface area contributed by atoms with Crippen molar-refractivity contribution in [1.29, 1.82) is 0 Å². The Morgan fingerprint density at radius 1 is 1.07 bits per heavy atom. The first-order valence-electron chi connectivity index (χ1n) is 9.30. The third kappa shape index (κ3) is 5.09. The molecule has 2 aromatic carbocycles. The molecule has 2 atom stereocenters. The number of carbonyl (C=O) groups excluding carboxylic acids is 2. The summed E-state index contributed by atoms with van der Waals surface area (Å²) < 4.78 is 5.59. The van der Waals surface area contributed by atoms with Crippen LogP contribution in [-0.2, 0) is 16.1 Å². The normalized spacial score (nSPS) is 18.1. The number of hydrogen-bond donors (Lipinski definition) is 1. The van der Waals surface area contributed by atoms with Gasteiger partial charge in [-0.2, -0.15) is 0 Å². The number of amides is 2. The molecule has 1 aliphatic carbocycles. The lowest BCUT2D eigenvalue weighted by Crippen LogP contribution is -2.29. The van der Waals surface area contributed by atoms with Gasteiger partial charge >= 0.3 is 0 Å². The molecule has 5 heteroatoms. The Morgan fingerprint density at radius 3 is 2.37 bits per heavy atom. The molecule has 5 nitrogen and oxygen atoms in total. The van der Waals surface area contributed by atoms with Crippen molar-refractivity contribution < 1.29 is 14.3 Å². The van der Waals surface area contributed by atoms with Crippen LogP contribution in [-0.4, -0.2) is 29.9 Å². The van der Waals surface area contributed by atoms with Gasteiger partial charge in [-0.1, -0.05) is 30.3 Å². The molecule has 2 amide bonds. The van der Waals surface area contributed by atoms with Gasteiger partial charge < -0.3 is 15.0 Å². The number of ether oxygens (including phenoxy) is 1. The van der Waals surface area contributed by atoms with Crippen LogP contribution in [0.15, 0.2) is 54.6 Å². The van der Waals surface area contributed by atoms with Gasteiger partial charge in [-0.3, -0.25) is 9.59 Å². The average molecular weight is 366 g/mol. The maximum Gasteiger partial charge on any atom is 0.228 e. The van der Waals surface area contributed by atoms with Gasteiger partial charge in [-0.25, -0.2) is 0 Å². The second kappa shape index (κ2) is 8.25. The molecule has 1 aliphatic rings. The topological polar surface area (TPSA) is 58.6 Å². The van der Waals surface area contributed by atoms with E-state index in [9.17, 15) is 9.59 Å². The Balaban J connectivity index is 1.50. The Bertz CT molecular complexity index is 787. The molecule has 3 rings (SSSR count). The highest BCUT2D eigenvalue weighted by Crippen LogP contribution is 2.41. The fourth-order valence-corrected chi connectivity index (χ4v) is 3.10. The lowest BCUT2D eigenvalue weighted by atomic mass is 10.2. The van der Waals surface area contributed by atoms with Crippen LogP contribution < -0.4 is 10.1 Å². The summed E-state index contributed by atoms with van der Waals surface area (Å²) in [4.78, 5) is 26.7. The number of carbonyl (C=O) groups is 2. The van der Waals surface area contributed by atoms with E-state index in [2.05, 4.69) is 5.32 Å². The molecule has 0 radical (unpaired) electrons. The third-order valence-corrected chi connectivity index (χ3v) is 4.58. The molecule has 0 heterocycles. The van der Waals surface area contributed by atoms with E-state index in [4.69, 9.17) is 4.74 Å². The number of hydrogen-bond acceptors (Lipinski definition) is 3. The van der Waals surface area contributed by atoms with Crippen LogP contribution in [0.5, 0.6) is 5.75 Å². The van der Waals surface area contributed by atoms with Crippen LogP contribution in [0.25, 0.3) is 0 Å². The van der Waals surface area contributed by atoms with E-state index in [0.29, 0.717) is 18.7 Å². The lowest BCUT2D eigenvalue weighted by Gasteiger charge is -2.17. The molecule has 0 aromatic heterocycles. The first kappa shape index (κ1) is 19.0. The standard InChI is InChI=1S/C22H26N2O3/c1-15(2)27-18-11-9-17(10-12-18)23-21(25)19-13-20(19)22(26)24(3)14-16-7-5-4-6-8-16/h4-12,15,19-20H,13-14H2,1-3H3,(H,23,25). The molecule has 2 unspecified atom stereocenters. The Morgan fingerprint density at radius 2 is 1.74 bits per heavy atom. The van der Waals surface area contributed by atoms with Crippen molar-refractivity contribution in [2.45, 2.75) is 32.9 Å². The largest absolute Gasteiger partial charge is 0.491 e. The Hall–Kier alpha value is -2.82. The van der Waals surface area contributed by atoms with E-state index in [1.807, 2.05) is 68.4 Å². The van der Waals surface area contributed by atoms with Crippen molar-refractivity contribution in [2.24, 2.45) is 11.8 Å². The van der Waals surface area contributed by atoms with Crippen LogP contribution in [0.4, 0.5) is 5.69 Å². The molecule has 27 heavy (non-hydrogen) atoms. The van der Waals surface area contributed by atoms with E-state index in [0.717, 1.165) is 11.3 Å². The highest BCUT2D eigenvalue weighted by molar-refractivity contribution is 5.99. The summed E-state index contributed by atoms with van der Waals surface area (Å²) in [5.41, 5.74) is 1.80. The van der Waals surface area contributed by atoms with Gasteiger partial charge in [0.2, 0.25) is 11.8 Å². The van der Waals surface area contributed by atoms with Gasteiger partial charge in [-0.15, -0.1) is 0 Å². The van der Waals surface area contributed by atoms with Crippen molar-refractivity contribution >= 4 is 17.5 Å². The first-order chi connectivity index (χ1) is 12.9. The molecule has 1 saturated carbocycles. The molecular formula is C22H26N2O3. The molecule has 1 N–H and O–H groups in total. The zero-order chi connectivity index (χ0) is 19.4. The minimum atomic E-state index is -0.248. The van der Waals surface area contributed by atoms with Crippen LogP contribution in [0.2, 0.25) is 0 Å². The van der Waals surface area contributed by atoms with E-state index in [-0.39, 0.29) is 29.8 Å². The second-order valence-corrected chi connectivity index (χ2v) is 7.31. The molecule has 0 aliphatic heterocycles. The van der Waals surface area contributed by atoms with Gasteiger partial charge in [0.05, 0.1) is 17.9 Å². The second-order valence-electron chi connectivity index (χ2n) is 7.31. The molecule has 1 fully saturated rings. The quantitative estimate of drug-likeness (QED) is 0.813. The number of anilines is 1. The highest BCUT2D eigenvalue weighted by atomic mass is 16.5. The maximum absolute atomic E-state index is 12.6. The van der Waals surface area contributed by atoms with Gasteiger partial charge in [0.15, 0.2) is 0 Å². The predicted molar refractivity (Wildman–Crippen MR) is 105 cm³/mol. The zero-order valence-electron chi connectivity index (χ0n) is 16.0. The molecule has 0 bridgehead atoms. The van der Waals surface area contributed by atoms with Crippen molar-refractivity contribution in [3.05, 3.63) is 60.2 Å². The van der Waals surface area contributed by atoms with Gasteiger partial charge in [0.25, 0.3) is 0 Å². The number of nitrogens with one attached hydrogen (secondary N) is 1. The van der Waals surface area contributed by atoms with Crippen LogP contribution in [0.3, 0.4) is 0 Å². The van der Waals surface area contributed by atoms with E-state index >= 15 is 0 Å².